The van der Waals surface area contributed by atoms with E-state index in [2.05, 4.69) is 68.5 Å². The van der Waals surface area contributed by atoms with Gasteiger partial charge in [0, 0.05) is 45.4 Å². The van der Waals surface area contributed by atoms with Gasteiger partial charge in [0.25, 0.3) is 0 Å². The van der Waals surface area contributed by atoms with Gasteiger partial charge in [0.2, 0.25) is 0 Å². The molecule has 0 radical (unpaired) electrons. The van der Waals surface area contributed by atoms with Gasteiger partial charge in [-0.3, -0.25) is 9.97 Å². The molecule has 0 spiro atoms. The Balaban J connectivity index is 1.26. The number of benzene rings is 4. The van der Waals surface area contributed by atoms with Crippen molar-refractivity contribution in [3.63, 3.8) is 0 Å². The molecule has 0 bridgehead atoms. The fourth-order valence-corrected chi connectivity index (χ4v) is 4.87. The van der Waals surface area contributed by atoms with Crippen LogP contribution >= 0.6 is 0 Å². The summed E-state index contributed by atoms with van der Waals surface area (Å²) in [6.45, 7) is 1.91. The molecule has 39 heavy (non-hydrogen) atoms. The second kappa shape index (κ2) is 9.54. The molecule has 184 valence electrons. The molecule has 0 amide bonds. The first-order chi connectivity index (χ1) is 19.2. The summed E-state index contributed by atoms with van der Waals surface area (Å²) >= 11 is 0. The minimum absolute atomic E-state index is 0.644. The molecule has 0 N–H and O–H groups in total. The molecule has 3 heterocycles. The Hall–Kier alpha value is -5.29. The van der Waals surface area contributed by atoms with E-state index < -0.39 is 0 Å². The monoisotopic (exact) mass is 501 g/mol. The van der Waals surface area contributed by atoms with Crippen LogP contribution in [0, 0.1) is 6.92 Å². The minimum Gasteiger partial charge on any atom is -0.256 e. The lowest BCUT2D eigenvalue weighted by Gasteiger charge is -2.09. The first-order valence-corrected chi connectivity index (χ1v) is 12.8. The van der Waals surface area contributed by atoms with Crippen molar-refractivity contribution < 1.29 is 0 Å². The minimum atomic E-state index is 0.644. The van der Waals surface area contributed by atoms with Crippen LogP contribution in [0.25, 0.3) is 66.8 Å². The van der Waals surface area contributed by atoms with E-state index in [4.69, 9.17) is 4.98 Å². The van der Waals surface area contributed by atoms with Gasteiger partial charge >= 0.3 is 0 Å². The van der Waals surface area contributed by atoms with E-state index >= 15 is 0 Å². The van der Waals surface area contributed by atoms with Crippen molar-refractivity contribution in [2.75, 3.05) is 0 Å². The Morgan fingerprint density at radius 1 is 0.410 bits per heavy atom. The Morgan fingerprint density at radius 2 is 0.872 bits per heavy atom. The smallest absolute Gasteiger partial charge is 0.163 e. The Morgan fingerprint density at radius 3 is 1.38 bits per heavy atom. The SMILES string of the molecule is Cc1nc(-c2cccc(-c3cnc4ccccc4c3)c2)nc(-c2cccc(-c3cnc4ccccc4c3)c2)n1. The predicted molar refractivity (Wildman–Crippen MR) is 157 cm³/mol. The van der Waals surface area contributed by atoms with Crippen LogP contribution in [0.15, 0.2) is 122 Å². The van der Waals surface area contributed by atoms with Crippen LogP contribution < -0.4 is 0 Å². The summed E-state index contributed by atoms with van der Waals surface area (Å²) in [5, 5.41) is 2.22. The highest BCUT2D eigenvalue weighted by Gasteiger charge is 2.11. The maximum Gasteiger partial charge on any atom is 0.163 e. The summed E-state index contributed by atoms with van der Waals surface area (Å²) in [4.78, 5) is 23.5. The molecule has 0 saturated heterocycles. The van der Waals surface area contributed by atoms with Crippen LogP contribution in [0.5, 0.6) is 0 Å². The molecule has 7 aromatic rings. The van der Waals surface area contributed by atoms with E-state index in [1.807, 2.05) is 80.0 Å². The zero-order valence-electron chi connectivity index (χ0n) is 21.3. The summed E-state index contributed by atoms with van der Waals surface area (Å²) in [6, 6.07) is 37.2. The van der Waals surface area contributed by atoms with Gasteiger partial charge in [-0.05, 0) is 54.4 Å². The number of hydrogen-bond acceptors (Lipinski definition) is 5. The lowest BCUT2D eigenvalue weighted by atomic mass is 10.0. The van der Waals surface area contributed by atoms with Gasteiger partial charge in [-0.2, -0.15) is 0 Å². The first kappa shape index (κ1) is 22.9. The number of aryl methyl sites for hydroxylation is 1. The van der Waals surface area contributed by atoms with Gasteiger partial charge in [-0.15, -0.1) is 0 Å². The fraction of sp³-hybridized carbons (Fsp3) is 0.0294. The number of fused-ring (bicyclic) bond motifs is 2. The second-order valence-electron chi connectivity index (χ2n) is 9.52. The molecule has 0 aliphatic heterocycles. The molecular weight excluding hydrogens is 478 g/mol. The third-order valence-electron chi connectivity index (χ3n) is 6.84. The van der Waals surface area contributed by atoms with E-state index in [9.17, 15) is 0 Å². The summed E-state index contributed by atoms with van der Waals surface area (Å²) in [5.74, 6) is 1.96. The van der Waals surface area contributed by atoms with Gasteiger partial charge in [0.15, 0.2) is 11.6 Å². The molecule has 0 fully saturated rings. The molecule has 0 aliphatic rings. The van der Waals surface area contributed by atoms with Crippen LogP contribution in [-0.2, 0) is 0 Å². The highest BCUT2D eigenvalue weighted by molar-refractivity contribution is 5.85. The lowest BCUT2D eigenvalue weighted by molar-refractivity contribution is 0.992. The topological polar surface area (TPSA) is 64.5 Å². The predicted octanol–water partition coefficient (Wildman–Crippen LogP) is 7.94. The molecule has 0 saturated carbocycles. The lowest BCUT2D eigenvalue weighted by Crippen LogP contribution is -2.00. The van der Waals surface area contributed by atoms with Crippen LogP contribution in [0.2, 0.25) is 0 Å². The maximum absolute atomic E-state index is 4.89. The van der Waals surface area contributed by atoms with Gasteiger partial charge < -0.3 is 0 Å². The number of rotatable bonds is 4. The standard InChI is InChI=1S/C34H23N5/c1-22-37-33(27-12-6-10-23(16-27)29-18-25-8-2-4-14-31(25)35-20-29)39-34(38-22)28-13-7-11-24(17-28)30-19-26-9-3-5-15-32(26)36-21-30/h2-21H,1H3. The van der Waals surface area contributed by atoms with Gasteiger partial charge in [-0.1, -0.05) is 72.8 Å². The van der Waals surface area contributed by atoms with Crippen LogP contribution in [0.1, 0.15) is 5.82 Å². The van der Waals surface area contributed by atoms with E-state index in [1.54, 1.807) is 0 Å². The van der Waals surface area contributed by atoms with Crippen LogP contribution in [-0.4, -0.2) is 24.9 Å². The molecule has 0 aliphatic carbocycles. The van der Waals surface area contributed by atoms with Crippen molar-refractivity contribution >= 4 is 21.8 Å². The quantitative estimate of drug-likeness (QED) is 0.245. The van der Waals surface area contributed by atoms with Crippen molar-refractivity contribution in [1.29, 1.82) is 0 Å². The molecule has 4 aromatic carbocycles. The average Bonchev–Trinajstić information content (AvgIpc) is 3.00. The highest BCUT2D eigenvalue weighted by Crippen LogP contribution is 2.29. The van der Waals surface area contributed by atoms with E-state index in [-0.39, 0.29) is 0 Å². The maximum atomic E-state index is 4.89. The zero-order chi connectivity index (χ0) is 26.2. The summed E-state index contributed by atoms with van der Waals surface area (Å²) in [7, 11) is 0. The molecule has 0 atom stereocenters. The number of hydrogen-bond donors (Lipinski definition) is 0. The van der Waals surface area contributed by atoms with Crippen molar-refractivity contribution in [3.05, 3.63) is 127 Å². The zero-order valence-corrected chi connectivity index (χ0v) is 21.3. The van der Waals surface area contributed by atoms with Crippen LogP contribution in [0.4, 0.5) is 0 Å². The van der Waals surface area contributed by atoms with Crippen molar-refractivity contribution in [2.24, 2.45) is 0 Å². The Kier molecular flexibility index (Phi) is 5.60. The second-order valence-corrected chi connectivity index (χ2v) is 9.52. The third kappa shape index (κ3) is 4.51. The molecule has 0 unspecified atom stereocenters. The van der Waals surface area contributed by atoms with Crippen molar-refractivity contribution in [2.45, 2.75) is 6.92 Å². The summed E-state index contributed by atoms with van der Waals surface area (Å²) in [5.41, 5.74) is 8.07. The highest BCUT2D eigenvalue weighted by atomic mass is 15.0. The largest absolute Gasteiger partial charge is 0.256 e. The van der Waals surface area contributed by atoms with Crippen molar-refractivity contribution in [3.8, 4) is 45.0 Å². The molecule has 7 rings (SSSR count). The summed E-state index contributed by atoms with van der Waals surface area (Å²) < 4.78 is 0. The van der Waals surface area contributed by atoms with E-state index in [0.717, 1.165) is 55.2 Å². The molecular formula is C34H23N5. The summed E-state index contributed by atoms with van der Waals surface area (Å²) in [6.07, 6.45) is 3.83. The third-order valence-corrected chi connectivity index (χ3v) is 6.84. The Bertz CT molecular complexity index is 1860. The number of para-hydroxylation sites is 2. The van der Waals surface area contributed by atoms with Gasteiger partial charge in [0.05, 0.1) is 11.0 Å². The van der Waals surface area contributed by atoms with Crippen LogP contribution in [0.3, 0.4) is 0 Å². The number of aromatic nitrogens is 5. The molecule has 5 nitrogen and oxygen atoms in total. The Labute approximate surface area is 225 Å². The molecule has 3 aromatic heterocycles. The van der Waals surface area contributed by atoms with Gasteiger partial charge in [-0.25, -0.2) is 15.0 Å². The van der Waals surface area contributed by atoms with E-state index in [1.165, 1.54) is 0 Å². The number of pyridine rings is 2. The van der Waals surface area contributed by atoms with Crippen molar-refractivity contribution in [1.82, 2.24) is 24.9 Å². The van der Waals surface area contributed by atoms with E-state index in [0.29, 0.717) is 17.5 Å². The fourth-order valence-electron chi connectivity index (χ4n) is 4.87. The normalized spacial score (nSPS) is 11.2. The van der Waals surface area contributed by atoms with Gasteiger partial charge in [0.1, 0.15) is 5.82 Å². The first-order valence-electron chi connectivity index (χ1n) is 12.8. The molecule has 5 heteroatoms. The average molecular weight is 502 g/mol. The number of nitrogens with zero attached hydrogens (tertiary/aromatic N) is 5.